The molecule has 24 heteroatoms. The number of aromatic nitrogens is 10. The number of allylic oxidation sites excluding steroid dienone is 6. The maximum Gasteiger partial charge on any atom is 0.181 e. The smallest absolute Gasteiger partial charge is 0.181 e. The topological polar surface area (TPSA) is 285 Å². The Labute approximate surface area is 795 Å². The summed E-state index contributed by atoms with van der Waals surface area (Å²) in [5, 5.41) is 40.1. The number of imidazole rings is 1. The van der Waals surface area contributed by atoms with Gasteiger partial charge < -0.3 is 37.6 Å². The van der Waals surface area contributed by atoms with E-state index in [9.17, 15) is 29.7 Å². The fourth-order valence-corrected chi connectivity index (χ4v) is 13.8. The van der Waals surface area contributed by atoms with Crippen molar-refractivity contribution < 1.29 is 108 Å². The number of aryl methyl sites for hydroxylation is 3. The zero-order chi connectivity index (χ0) is 90.7. The Balaban J connectivity index is 0.000000167. The second-order valence-corrected chi connectivity index (χ2v) is 38.0. The number of nitrogens with zero attached hydrogens (tertiary/aromatic N) is 10. The molecule has 3 radical (unpaired) electrons. The number of furan rings is 3. The first kappa shape index (κ1) is 99.2. The largest absolute Gasteiger partial charge is 0.512 e. The first-order valence-corrected chi connectivity index (χ1v) is 42.3. The van der Waals surface area contributed by atoms with Crippen molar-refractivity contribution in [2.45, 2.75) is 145 Å². The number of hydrogen-bond donors (Lipinski definition) is 3. The number of carbonyl (C=O) groups excluding carboxylic acids is 3. The Morgan fingerprint density at radius 1 is 0.388 bits per heavy atom. The van der Waals surface area contributed by atoms with Crippen molar-refractivity contribution in [2.75, 3.05) is 0 Å². The SMILES string of the molecule is CC(C)(C)C(=O)C=C(O)C(C)(C)C.CC(C)(C)C(=O)C=C(O)C(C)(C)C.CC(C)(C)C(=O)C=C(O)C(C)(C)C.Cc1[c-]c(-c2ncnc3cc(-c4cocn4)ccc23)c2oc3ccccc3c2c1.Cc1[c-]c(-c2ncnc3cc(-c4cscn4)ccc23)c2oc3ccccc3c2c1.Cc1[c-]c(-c2ncnc3cc(-n4ccnc4)ccc23)c2oc3ccccc3c2c1.[Ir].[Ir].[Ir]. The summed E-state index contributed by atoms with van der Waals surface area (Å²) in [6, 6.07) is 59.3. The summed E-state index contributed by atoms with van der Waals surface area (Å²) in [5.41, 5.74) is 20.0. The number of hydrogen-bond acceptors (Lipinski definition) is 20. The van der Waals surface area contributed by atoms with Crippen LogP contribution < -0.4 is 0 Å². The first-order chi connectivity index (χ1) is 59.5. The average molecular weight is 2270 g/mol. The maximum absolute atomic E-state index is 11.5. The van der Waals surface area contributed by atoms with E-state index in [1.54, 1.807) is 49.1 Å². The van der Waals surface area contributed by atoms with Gasteiger partial charge in [0, 0.05) is 179 Å². The molecule has 0 aliphatic rings. The Kier molecular flexibility index (Phi) is 31.0. The van der Waals surface area contributed by atoms with Gasteiger partial charge in [-0.2, -0.15) is 0 Å². The molecule has 0 unspecified atom stereocenters. The minimum absolute atomic E-state index is 0. The van der Waals surface area contributed by atoms with Gasteiger partial charge in [0.15, 0.2) is 23.7 Å². The van der Waals surface area contributed by atoms with Crippen molar-refractivity contribution in [3.05, 3.63) is 277 Å². The molecule has 18 rings (SSSR count). The average Bonchev–Trinajstić information content (AvgIpc) is 1.64. The summed E-state index contributed by atoms with van der Waals surface area (Å²) in [6.07, 6.45) is 17.3. The number of aliphatic hydroxyl groups excluding tert-OH is 3. The van der Waals surface area contributed by atoms with Crippen LogP contribution in [0.5, 0.6) is 0 Å². The molecule has 129 heavy (non-hydrogen) atoms. The van der Waals surface area contributed by atoms with Crippen LogP contribution in [-0.2, 0) is 74.7 Å². The third kappa shape index (κ3) is 23.2. The van der Waals surface area contributed by atoms with Crippen LogP contribution in [0.1, 0.15) is 141 Å². The van der Waals surface area contributed by atoms with Crippen LogP contribution in [-0.4, -0.2) is 82.1 Å². The zero-order valence-corrected chi connectivity index (χ0v) is 83.9. The standard InChI is InChI=1S/C24H15N4O.C24H14N3O2.C24H14N3OS.3C11H20O2.3Ir/c1-15-10-19-17-4-2-3-5-22(17)29-24(19)20(11-15)23-18-7-6-16(28-9-8-25-14-28)12-21(18)26-13-27-23;1-14-8-18-16-4-2-3-5-22(16)29-24(18)19(9-14)23-17-7-6-15(21-11-28-13-27-21)10-20(17)25-12-26-23;1-14-8-18-16-4-2-3-5-22(16)28-24(18)19(9-14)23-17-7-6-15(21-11-29-13-27-21)10-20(17)25-12-26-23;3*1-10(2,3)8(12)7-9(13)11(4,5)6;;;/h2-10,12-14H,1H3;2*2-8,10-13H,1H3;3*7,12H,1-6H3;;;/q3*-1;;;;;;. The molecule has 9 aromatic carbocycles. The van der Waals surface area contributed by atoms with E-state index < -0.39 is 16.2 Å². The number of carbonyl (C=O) groups is 3. The number of aliphatic hydroxyl groups is 3. The number of rotatable bonds is 9. The van der Waals surface area contributed by atoms with Crippen molar-refractivity contribution in [1.82, 2.24) is 49.4 Å². The number of ketones is 3. The van der Waals surface area contributed by atoms with Gasteiger partial charge in [-0.15, -0.1) is 64.4 Å². The molecule has 0 amide bonds. The molecule has 9 aromatic heterocycles. The minimum Gasteiger partial charge on any atom is -0.512 e. The van der Waals surface area contributed by atoms with Gasteiger partial charge >= 0.3 is 0 Å². The molecule has 18 aromatic rings. The van der Waals surface area contributed by atoms with Crippen LogP contribution in [0, 0.1) is 71.5 Å². The number of para-hydroxylation sites is 3. The van der Waals surface area contributed by atoms with E-state index in [2.05, 4.69) is 125 Å². The third-order valence-electron chi connectivity index (χ3n) is 20.8. The Hall–Kier alpha value is -12.0. The van der Waals surface area contributed by atoms with Crippen molar-refractivity contribution >= 4 is 127 Å². The van der Waals surface area contributed by atoms with E-state index in [1.165, 1.54) is 24.6 Å². The molecule has 0 aliphatic heterocycles. The molecule has 0 spiro atoms. The summed E-state index contributed by atoms with van der Waals surface area (Å²) in [7, 11) is 0. The van der Waals surface area contributed by atoms with Crippen LogP contribution >= 0.6 is 11.3 Å². The molecule has 669 valence electrons. The molecule has 0 aliphatic carbocycles. The van der Waals surface area contributed by atoms with Gasteiger partial charge in [0.2, 0.25) is 0 Å². The Morgan fingerprint density at radius 2 is 0.736 bits per heavy atom. The summed E-state index contributed by atoms with van der Waals surface area (Å²) in [4.78, 5) is 74.5. The second-order valence-electron chi connectivity index (χ2n) is 37.2. The van der Waals surface area contributed by atoms with Crippen LogP contribution in [0.3, 0.4) is 0 Å². The van der Waals surface area contributed by atoms with Crippen molar-refractivity contribution in [1.29, 1.82) is 0 Å². The van der Waals surface area contributed by atoms with E-state index in [-0.39, 0.29) is 111 Å². The van der Waals surface area contributed by atoms with Crippen LogP contribution in [0.15, 0.2) is 260 Å². The van der Waals surface area contributed by atoms with Crippen LogP contribution in [0.4, 0.5) is 0 Å². The predicted octanol–water partition coefficient (Wildman–Crippen LogP) is 27.1. The van der Waals surface area contributed by atoms with Gasteiger partial charge in [-0.1, -0.05) is 263 Å². The van der Waals surface area contributed by atoms with Gasteiger partial charge in [0.25, 0.3) is 0 Å². The minimum atomic E-state index is -0.417. The fourth-order valence-electron chi connectivity index (χ4n) is 13.2. The molecule has 0 atom stereocenters. The third-order valence-corrected chi connectivity index (χ3v) is 21.4. The van der Waals surface area contributed by atoms with Crippen LogP contribution in [0.25, 0.3) is 160 Å². The number of fused-ring (bicyclic) bond motifs is 12. The van der Waals surface area contributed by atoms with Crippen molar-refractivity contribution in [2.24, 2.45) is 32.5 Å². The van der Waals surface area contributed by atoms with Gasteiger partial charge in [0.05, 0.1) is 50.8 Å². The number of thiazole rings is 1. The number of benzene rings is 9. The molecule has 3 N–H and O–H groups in total. The van der Waals surface area contributed by atoms with E-state index in [0.717, 1.165) is 177 Å². The molecular weight excluding hydrogens is 2170 g/mol. The van der Waals surface area contributed by atoms with E-state index >= 15 is 0 Å². The monoisotopic (exact) mass is 2270 g/mol. The summed E-state index contributed by atoms with van der Waals surface area (Å²) < 4.78 is 25.7. The molecule has 9 heterocycles. The van der Waals surface area contributed by atoms with Crippen molar-refractivity contribution in [3.8, 4) is 62.0 Å². The summed E-state index contributed by atoms with van der Waals surface area (Å²) >= 11 is 1.58. The van der Waals surface area contributed by atoms with Gasteiger partial charge in [-0.05, 0) is 58.6 Å². The molecule has 0 bridgehead atoms. The quantitative estimate of drug-likeness (QED) is 0.0687. The van der Waals surface area contributed by atoms with Crippen molar-refractivity contribution in [3.63, 3.8) is 0 Å². The normalized spacial score (nSPS) is 12.2. The molecule has 0 fully saturated rings. The second kappa shape index (κ2) is 40.4. The predicted molar refractivity (Wildman–Crippen MR) is 505 cm³/mol. The zero-order valence-electron chi connectivity index (χ0n) is 75.9. The van der Waals surface area contributed by atoms with Gasteiger partial charge in [0.1, 0.15) is 65.0 Å². The van der Waals surface area contributed by atoms with Gasteiger partial charge in [-0.25, -0.2) is 29.9 Å². The molecule has 0 saturated carbocycles. The number of oxazole rings is 1. The fraction of sp³-hybridized carbons (Fsp3) is 0.257. The molecular formula is C105H103Ir3N10O10S-3. The Morgan fingerprint density at radius 3 is 1.05 bits per heavy atom. The van der Waals surface area contributed by atoms with Gasteiger partial charge in [-0.3, -0.25) is 29.3 Å². The van der Waals surface area contributed by atoms with E-state index in [4.69, 9.17) is 17.7 Å². The van der Waals surface area contributed by atoms with Crippen LogP contribution in [0.2, 0.25) is 0 Å². The Bertz CT molecular complexity index is 6510. The maximum atomic E-state index is 11.5. The summed E-state index contributed by atoms with van der Waals surface area (Å²) in [5.74, 6) is 0.312. The molecule has 0 saturated heterocycles. The first-order valence-electron chi connectivity index (χ1n) is 41.4. The summed E-state index contributed by atoms with van der Waals surface area (Å²) in [6.45, 7) is 39.5. The molecule has 20 nitrogen and oxygen atoms in total. The van der Waals surface area contributed by atoms with E-state index in [0.29, 0.717) is 0 Å². The van der Waals surface area contributed by atoms with E-state index in [1.807, 2.05) is 251 Å².